The molecule has 28 heavy (non-hydrogen) atoms. The standard InChI is InChI=1S/C14H22N6O8/c1-5(21)10(13(25)26)18-14(27)17-7(4-8(16)22)12-20-19-11(28-12)6(15)2-3-9(23)24/h5-7,10,21H,2-4,15H2,1H3,(H2,16,22)(H,23,24)(H,25,26)(H2,17,18,27)/t5?,6-,7-,10-/m0/s1. The number of aliphatic hydroxyl groups is 1. The second kappa shape index (κ2) is 10.2. The van der Waals surface area contributed by atoms with Crippen molar-refractivity contribution in [2.45, 2.75) is 50.4 Å². The van der Waals surface area contributed by atoms with Crippen LogP contribution in [0.5, 0.6) is 0 Å². The van der Waals surface area contributed by atoms with E-state index in [-0.39, 0.29) is 24.6 Å². The number of primary amides is 1. The molecule has 156 valence electrons. The molecule has 0 aliphatic rings. The summed E-state index contributed by atoms with van der Waals surface area (Å²) in [4.78, 5) is 44.9. The topological polar surface area (TPSA) is 244 Å². The number of urea groups is 1. The Labute approximate surface area is 158 Å². The van der Waals surface area contributed by atoms with Gasteiger partial charge in [0.05, 0.1) is 18.6 Å². The fourth-order valence-electron chi connectivity index (χ4n) is 2.07. The number of nitrogens with one attached hydrogen (secondary N) is 2. The molecule has 0 saturated carbocycles. The maximum atomic E-state index is 12.0. The highest BCUT2D eigenvalue weighted by atomic mass is 16.4. The smallest absolute Gasteiger partial charge is 0.328 e. The van der Waals surface area contributed by atoms with Crippen LogP contribution in [-0.4, -0.2) is 61.5 Å². The molecule has 4 atom stereocenters. The molecule has 1 aromatic rings. The summed E-state index contributed by atoms with van der Waals surface area (Å²) in [6.07, 6.45) is -2.06. The van der Waals surface area contributed by atoms with Crippen LogP contribution in [0.3, 0.4) is 0 Å². The Kier molecular flexibility index (Phi) is 8.28. The maximum Gasteiger partial charge on any atom is 0.328 e. The first-order valence-corrected chi connectivity index (χ1v) is 8.08. The Morgan fingerprint density at radius 2 is 1.75 bits per heavy atom. The minimum atomic E-state index is -1.60. The molecule has 0 aliphatic carbocycles. The average Bonchev–Trinajstić information content (AvgIpc) is 3.06. The van der Waals surface area contributed by atoms with E-state index in [1.54, 1.807) is 0 Å². The number of aromatic nitrogens is 2. The van der Waals surface area contributed by atoms with Crippen molar-refractivity contribution in [1.82, 2.24) is 20.8 Å². The number of aliphatic carboxylic acids is 2. The number of aliphatic hydroxyl groups excluding tert-OH is 1. The van der Waals surface area contributed by atoms with Gasteiger partial charge in [0.2, 0.25) is 17.7 Å². The molecule has 1 aromatic heterocycles. The number of nitrogens with zero attached hydrogens (tertiary/aromatic N) is 2. The van der Waals surface area contributed by atoms with Crippen molar-refractivity contribution >= 4 is 23.9 Å². The summed E-state index contributed by atoms with van der Waals surface area (Å²) >= 11 is 0. The fraction of sp³-hybridized carbons (Fsp3) is 0.571. The third-order valence-corrected chi connectivity index (χ3v) is 3.49. The van der Waals surface area contributed by atoms with Crippen molar-refractivity contribution in [1.29, 1.82) is 0 Å². The van der Waals surface area contributed by atoms with Crippen LogP contribution in [0.4, 0.5) is 4.79 Å². The van der Waals surface area contributed by atoms with Crippen LogP contribution in [-0.2, 0) is 14.4 Å². The highest BCUT2D eigenvalue weighted by Crippen LogP contribution is 2.20. The summed E-state index contributed by atoms with van der Waals surface area (Å²) in [5.41, 5.74) is 10.9. The molecule has 9 N–H and O–H groups in total. The normalized spacial score (nSPS) is 15.1. The minimum absolute atomic E-state index is 0.0139. The van der Waals surface area contributed by atoms with Crippen molar-refractivity contribution in [2.24, 2.45) is 11.5 Å². The van der Waals surface area contributed by atoms with E-state index >= 15 is 0 Å². The van der Waals surface area contributed by atoms with E-state index in [2.05, 4.69) is 15.5 Å². The first kappa shape index (κ1) is 22.8. The van der Waals surface area contributed by atoms with Crippen LogP contribution < -0.4 is 22.1 Å². The zero-order valence-electron chi connectivity index (χ0n) is 14.9. The fourth-order valence-corrected chi connectivity index (χ4v) is 2.07. The van der Waals surface area contributed by atoms with Gasteiger partial charge in [0.15, 0.2) is 6.04 Å². The van der Waals surface area contributed by atoms with Crippen molar-refractivity contribution < 1.29 is 38.9 Å². The first-order valence-electron chi connectivity index (χ1n) is 8.08. The lowest BCUT2D eigenvalue weighted by atomic mass is 10.1. The molecule has 0 aromatic carbocycles. The molecule has 0 aliphatic heterocycles. The van der Waals surface area contributed by atoms with Gasteiger partial charge in [-0.2, -0.15) is 0 Å². The Morgan fingerprint density at radius 1 is 1.14 bits per heavy atom. The zero-order valence-corrected chi connectivity index (χ0v) is 14.9. The number of carboxylic acids is 2. The highest BCUT2D eigenvalue weighted by molar-refractivity contribution is 5.83. The van der Waals surface area contributed by atoms with E-state index in [0.717, 1.165) is 0 Å². The lowest BCUT2D eigenvalue weighted by Crippen LogP contribution is -2.52. The molecule has 14 heteroatoms. The van der Waals surface area contributed by atoms with Crippen molar-refractivity contribution in [3.63, 3.8) is 0 Å². The molecule has 14 nitrogen and oxygen atoms in total. The quantitative estimate of drug-likeness (QED) is 0.213. The van der Waals surface area contributed by atoms with Gasteiger partial charge in [-0.05, 0) is 13.3 Å². The van der Waals surface area contributed by atoms with Gasteiger partial charge in [0.25, 0.3) is 0 Å². The largest absolute Gasteiger partial charge is 0.481 e. The van der Waals surface area contributed by atoms with Crippen LogP contribution >= 0.6 is 0 Å². The number of hydrogen-bond donors (Lipinski definition) is 7. The lowest BCUT2D eigenvalue weighted by Gasteiger charge is -2.19. The molecule has 1 heterocycles. The molecule has 3 amide bonds. The van der Waals surface area contributed by atoms with Gasteiger partial charge in [-0.3, -0.25) is 9.59 Å². The maximum absolute atomic E-state index is 12.0. The van der Waals surface area contributed by atoms with Crippen molar-refractivity contribution in [2.75, 3.05) is 0 Å². The zero-order chi connectivity index (χ0) is 21.4. The number of carboxylic acid groups (broad SMARTS) is 2. The Balaban J connectivity index is 2.88. The molecule has 1 rings (SSSR count). The van der Waals surface area contributed by atoms with Gasteiger partial charge in [0, 0.05) is 6.42 Å². The predicted molar refractivity (Wildman–Crippen MR) is 89.4 cm³/mol. The number of carbonyl (C=O) groups is 4. The Hall–Kier alpha value is -3.26. The van der Waals surface area contributed by atoms with Crippen LogP contribution in [0.15, 0.2) is 4.42 Å². The van der Waals surface area contributed by atoms with Gasteiger partial charge in [-0.15, -0.1) is 10.2 Å². The summed E-state index contributed by atoms with van der Waals surface area (Å²) in [5, 5.41) is 38.6. The number of carbonyl (C=O) groups excluding carboxylic acids is 2. The SMILES string of the molecule is CC(O)[C@H](NC(=O)N[C@@H](CC(N)=O)c1nnc([C@@H](N)CCC(=O)O)o1)C(=O)O. The van der Waals surface area contributed by atoms with E-state index in [0.29, 0.717) is 0 Å². The molecule has 0 bridgehead atoms. The summed E-state index contributed by atoms with van der Waals surface area (Å²) in [6.45, 7) is 1.17. The molecule has 0 radical (unpaired) electrons. The average molecular weight is 402 g/mol. The minimum Gasteiger partial charge on any atom is -0.481 e. The molecule has 0 spiro atoms. The van der Waals surface area contributed by atoms with Gasteiger partial charge in [0.1, 0.15) is 6.04 Å². The van der Waals surface area contributed by atoms with E-state index in [9.17, 15) is 24.3 Å². The van der Waals surface area contributed by atoms with E-state index in [1.807, 2.05) is 5.32 Å². The van der Waals surface area contributed by atoms with Crippen LogP contribution in [0, 0.1) is 0 Å². The summed E-state index contributed by atoms with van der Waals surface area (Å²) in [7, 11) is 0. The van der Waals surface area contributed by atoms with E-state index in [1.165, 1.54) is 6.92 Å². The van der Waals surface area contributed by atoms with Crippen molar-refractivity contribution in [3.8, 4) is 0 Å². The molecular formula is C14H22N6O8. The van der Waals surface area contributed by atoms with Crippen molar-refractivity contribution in [3.05, 3.63) is 11.8 Å². The summed E-state index contributed by atoms with van der Waals surface area (Å²) < 4.78 is 5.29. The monoisotopic (exact) mass is 402 g/mol. The second-order valence-corrected chi connectivity index (χ2v) is 5.91. The summed E-state index contributed by atoms with van der Waals surface area (Å²) in [5.74, 6) is -3.71. The van der Waals surface area contributed by atoms with Crippen LogP contribution in [0.2, 0.25) is 0 Å². The Bertz CT molecular complexity index is 720. The molecule has 0 fully saturated rings. The third kappa shape index (κ3) is 7.16. The number of amides is 3. The van der Waals surface area contributed by atoms with Crippen LogP contribution in [0.25, 0.3) is 0 Å². The Morgan fingerprint density at radius 3 is 2.25 bits per heavy atom. The second-order valence-electron chi connectivity index (χ2n) is 5.91. The highest BCUT2D eigenvalue weighted by Gasteiger charge is 2.29. The van der Waals surface area contributed by atoms with Gasteiger partial charge in [-0.1, -0.05) is 0 Å². The number of rotatable bonds is 11. The summed E-state index contributed by atoms with van der Waals surface area (Å²) in [6, 6.07) is -4.72. The number of nitrogens with two attached hydrogens (primary N) is 2. The lowest BCUT2D eigenvalue weighted by molar-refractivity contribution is -0.142. The van der Waals surface area contributed by atoms with E-state index < -0.39 is 54.5 Å². The van der Waals surface area contributed by atoms with Crippen LogP contribution in [0.1, 0.15) is 50.1 Å². The predicted octanol–water partition coefficient (Wildman–Crippen LogP) is -2.02. The first-order chi connectivity index (χ1) is 13.0. The van der Waals surface area contributed by atoms with Gasteiger partial charge in [-0.25, -0.2) is 9.59 Å². The molecule has 1 unspecified atom stereocenters. The van der Waals surface area contributed by atoms with Gasteiger partial charge >= 0.3 is 18.0 Å². The van der Waals surface area contributed by atoms with E-state index in [4.69, 9.17) is 26.1 Å². The number of hydrogen-bond acceptors (Lipinski definition) is 9. The molecular weight excluding hydrogens is 380 g/mol. The third-order valence-electron chi connectivity index (χ3n) is 3.49. The molecule has 0 saturated heterocycles. The van der Waals surface area contributed by atoms with Gasteiger partial charge < -0.3 is 41.8 Å².